The van der Waals surface area contributed by atoms with Gasteiger partial charge in [-0.3, -0.25) is 0 Å². The fourth-order valence-corrected chi connectivity index (χ4v) is 3.86. The highest BCUT2D eigenvalue weighted by atomic mass is 32.2. The Bertz CT molecular complexity index is 586. The van der Waals surface area contributed by atoms with Crippen LogP contribution in [0.15, 0.2) is 17.0 Å². The zero-order valence-electron chi connectivity index (χ0n) is 10.6. The summed E-state index contributed by atoms with van der Waals surface area (Å²) in [5, 5.41) is 0. The summed E-state index contributed by atoms with van der Waals surface area (Å²) < 4.78 is 53.1. The fraction of sp³-hybridized carbons (Fsp3) is 0.500. The third-order valence-corrected chi connectivity index (χ3v) is 5.17. The predicted octanol–water partition coefficient (Wildman–Crippen LogP) is 1.60. The average molecular weight is 290 g/mol. The van der Waals surface area contributed by atoms with Crippen LogP contribution in [0.2, 0.25) is 0 Å². The molecule has 106 valence electrons. The van der Waals surface area contributed by atoms with E-state index in [4.69, 9.17) is 5.73 Å². The summed E-state index contributed by atoms with van der Waals surface area (Å²) in [5.74, 6) is -2.52. The molecule has 0 aromatic heterocycles. The van der Waals surface area contributed by atoms with Crippen molar-refractivity contribution in [2.24, 2.45) is 5.73 Å². The zero-order chi connectivity index (χ0) is 14.2. The fourth-order valence-electron chi connectivity index (χ4n) is 2.04. The van der Waals surface area contributed by atoms with Gasteiger partial charge in [-0.15, -0.1) is 0 Å². The molecule has 0 heterocycles. The Hall–Kier alpha value is -1.05. The quantitative estimate of drug-likeness (QED) is 0.896. The van der Waals surface area contributed by atoms with Gasteiger partial charge in [0.15, 0.2) is 11.6 Å². The highest BCUT2D eigenvalue weighted by Crippen LogP contribution is 2.33. The highest BCUT2D eigenvalue weighted by Gasteiger charge is 2.38. The van der Waals surface area contributed by atoms with Crippen LogP contribution in [0.3, 0.4) is 0 Å². The Labute approximate surface area is 111 Å². The maximum absolute atomic E-state index is 13.8. The Morgan fingerprint density at radius 3 is 2.47 bits per heavy atom. The summed E-state index contributed by atoms with van der Waals surface area (Å²) in [4.78, 5) is -0.623. The van der Waals surface area contributed by atoms with E-state index in [-0.39, 0.29) is 24.7 Å². The van der Waals surface area contributed by atoms with Gasteiger partial charge in [0.05, 0.1) is 0 Å². The molecule has 0 saturated heterocycles. The van der Waals surface area contributed by atoms with Crippen molar-refractivity contribution in [1.29, 1.82) is 0 Å². The first-order chi connectivity index (χ1) is 8.91. The second-order valence-corrected chi connectivity index (χ2v) is 6.39. The molecule has 19 heavy (non-hydrogen) atoms. The molecule has 0 atom stereocenters. The van der Waals surface area contributed by atoms with Crippen LogP contribution >= 0.6 is 0 Å². The largest absolute Gasteiger partial charge is 0.326 e. The van der Waals surface area contributed by atoms with Gasteiger partial charge in [-0.2, -0.15) is 4.31 Å². The van der Waals surface area contributed by atoms with Crippen LogP contribution in [-0.4, -0.2) is 25.3 Å². The molecule has 0 radical (unpaired) electrons. The van der Waals surface area contributed by atoms with Crippen LogP contribution < -0.4 is 5.73 Å². The number of sulfonamides is 1. The molecule has 1 aliphatic carbocycles. The molecule has 0 amide bonds. The van der Waals surface area contributed by atoms with Crippen molar-refractivity contribution in [3.63, 3.8) is 0 Å². The number of hydrogen-bond donors (Lipinski definition) is 1. The molecular weight excluding hydrogens is 274 g/mol. The number of benzene rings is 1. The summed E-state index contributed by atoms with van der Waals surface area (Å²) >= 11 is 0. The lowest BCUT2D eigenvalue weighted by atomic mass is 10.2. The number of nitrogens with two attached hydrogens (primary N) is 1. The first-order valence-electron chi connectivity index (χ1n) is 6.11. The van der Waals surface area contributed by atoms with Crippen molar-refractivity contribution < 1.29 is 17.2 Å². The summed E-state index contributed by atoms with van der Waals surface area (Å²) in [6, 6.07) is 1.93. The maximum Gasteiger partial charge on any atom is 0.246 e. The SMILES string of the molecule is CCN(C1CC1)S(=O)(=O)c1cc(CN)cc(F)c1F. The van der Waals surface area contributed by atoms with Gasteiger partial charge >= 0.3 is 0 Å². The molecule has 1 saturated carbocycles. The van der Waals surface area contributed by atoms with Gasteiger partial charge in [-0.25, -0.2) is 17.2 Å². The van der Waals surface area contributed by atoms with Crippen LogP contribution in [0.1, 0.15) is 25.3 Å². The van der Waals surface area contributed by atoms with E-state index >= 15 is 0 Å². The standard InChI is InChI=1S/C12H16F2N2O2S/c1-2-16(9-3-4-9)19(17,18)11-6-8(7-15)5-10(13)12(11)14/h5-6,9H,2-4,7,15H2,1H3. The van der Waals surface area contributed by atoms with Crippen LogP contribution in [0.5, 0.6) is 0 Å². The topological polar surface area (TPSA) is 63.4 Å². The summed E-state index contributed by atoms with van der Waals surface area (Å²) in [6.45, 7) is 1.87. The Morgan fingerprint density at radius 2 is 2.00 bits per heavy atom. The van der Waals surface area contributed by atoms with Crippen molar-refractivity contribution in [1.82, 2.24) is 4.31 Å². The van der Waals surface area contributed by atoms with E-state index in [0.717, 1.165) is 25.0 Å². The first kappa shape index (κ1) is 14.4. The van der Waals surface area contributed by atoms with Crippen LogP contribution in [0, 0.1) is 11.6 Å². The monoisotopic (exact) mass is 290 g/mol. The molecule has 0 unspecified atom stereocenters. The minimum atomic E-state index is -4.01. The molecule has 0 aliphatic heterocycles. The van der Waals surface area contributed by atoms with Crippen molar-refractivity contribution in [3.05, 3.63) is 29.3 Å². The highest BCUT2D eigenvalue weighted by molar-refractivity contribution is 7.89. The third kappa shape index (κ3) is 2.63. The summed E-state index contributed by atoms with van der Waals surface area (Å²) in [5.41, 5.74) is 5.62. The molecule has 0 spiro atoms. The second kappa shape index (κ2) is 5.15. The van der Waals surface area contributed by atoms with Crippen molar-refractivity contribution >= 4 is 10.0 Å². The summed E-state index contributed by atoms with van der Waals surface area (Å²) in [6.07, 6.45) is 1.52. The van der Waals surface area contributed by atoms with Crippen molar-refractivity contribution in [2.75, 3.05) is 6.54 Å². The number of rotatable bonds is 5. The van der Waals surface area contributed by atoms with E-state index in [9.17, 15) is 17.2 Å². The number of nitrogens with zero attached hydrogens (tertiary/aromatic N) is 1. The Kier molecular flexibility index (Phi) is 3.89. The lowest BCUT2D eigenvalue weighted by Crippen LogP contribution is -2.33. The molecule has 2 N–H and O–H groups in total. The van der Waals surface area contributed by atoms with Gasteiger partial charge in [0.1, 0.15) is 4.90 Å². The van der Waals surface area contributed by atoms with Crippen molar-refractivity contribution in [2.45, 2.75) is 37.2 Å². The van der Waals surface area contributed by atoms with Crippen molar-refractivity contribution in [3.8, 4) is 0 Å². The van der Waals surface area contributed by atoms with E-state index in [1.54, 1.807) is 6.92 Å². The van der Waals surface area contributed by atoms with Gasteiger partial charge in [0.25, 0.3) is 0 Å². The zero-order valence-corrected chi connectivity index (χ0v) is 11.4. The van der Waals surface area contributed by atoms with Gasteiger partial charge in [-0.1, -0.05) is 6.92 Å². The molecule has 1 aliphatic rings. The number of halogens is 2. The average Bonchev–Trinajstić information content (AvgIpc) is 3.17. The molecule has 1 fully saturated rings. The molecule has 1 aromatic carbocycles. The van der Waals surface area contributed by atoms with E-state index in [0.29, 0.717) is 0 Å². The second-order valence-electron chi connectivity index (χ2n) is 4.53. The lowest BCUT2D eigenvalue weighted by Gasteiger charge is -2.20. The molecule has 0 bridgehead atoms. The third-order valence-electron chi connectivity index (χ3n) is 3.14. The van der Waals surface area contributed by atoms with Gasteiger partial charge in [0.2, 0.25) is 10.0 Å². The predicted molar refractivity (Wildman–Crippen MR) is 66.8 cm³/mol. The molecule has 4 nitrogen and oxygen atoms in total. The maximum atomic E-state index is 13.8. The summed E-state index contributed by atoms with van der Waals surface area (Å²) in [7, 11) is -4.01. The Morgan fingerprint density at radius 1 is 1.37 bits per heavy atom. The van der Waals surface area contributed by atoms with E-state index < -0.39 is 26.6 Å². The van der Waals surface area contributed by atoms with E-state index in [1.165, 1.54) is 4.31 Å². The smallest absolute Gasteiger partial charge is 0.246 e. The first-order valence-corrected chi connectivity index (χ1v) is 7.55. The molecule has 1 aromatic rings. The number of hydrogen-bond acceptors (Lipinski definition) is 3. The van der Waals surface area contributed by atoms with Gasteiger partial charge < -0.3 is 5.73 Å². The normalized spacial score (nSPS) is 16.1. The minimum Gasteiger partial charge on any atom is -0.326 e. The lowest BCUT2D eigenvalue weighted by molar-refractivity contribution is 0.412. The van der Waals surface area contributed by atoms with E-state index in [1.807, 2.05) is 0 Å². The van der Waals surface area contributed by atoms with Gasteiger partial charge in [-0.05, 0) is 30.5 Å². The van der Waals surface area contributed by atoms with E-state index in [2.05, 4.69) is 0 Å². The van der Waals surface area contributed by atoms with Crippen LogP contribution in [-0.2, 0) is 16.6 Å². The molecule has 2 rings (SSSR count). The van der Waals surface area contributed by atoms with Gasteiger partial charge in [0, 0.05) is 19.1 Å². The molecular formula is C12H16F2N2O2S. The van der Waals surface area contributed by atoms with Crippen LogP contribution in [0.4, 0.5) is 8.78 Å². The minimum absolute atomic E-state index is 0.0464. The Balaban J connectivity index is 2.53. The molecule has 7 heteroatoms. The van der Waals surface area contributed by atoms with Crippen LogP contribution in [0.25, 0.3) is 0 Å².